The van der Waals surface area contributed by atoms with E-state index in [1.165, 1.54) is 57.4 Å². The molecule has 4 nitrogen and oxygen atoms in total. The molecule has 23 heavy (non-hydrogen) atoms. The third-order valence-electron chi connectivity index (χ3n) is 3.79. The monoisotopic (exact) mass is 334 g/mol. The summed E-state index contributed by atoms with van der Waals surface area (Å²) in [5.41, 5.74) is 0. The third kappa shape index (κ3) is 17.9. The maximum Gasteiger partial charge on any atom is 1.00 e. The molecule has 0 heterocycles. The van der Waals surface area contributed by atoms with Gasteiger partial charge in [0.1, 0.15) is 0 Å². The second-order valence-corrected chi connectivity index (χ2v) is 5.92. The van der Waals surface area contributed by atoms with Crippen molar-refractivity contribution in [1.29, 1.82) is 0 Å². The van der Waals surface area contributed by atoms with E-state index in [9.17, 15) is 14.7 Å². The standard InChI is InChI=1S/C18H32O4.Na/c1-2-3-4-5-6-7-8-9-10-11-12-13-14-16(18(21)22)15-17(19)20;/h13-14,16H,2-12,15H2,1H3,(H,19,20)(H,21,22);/q;+1/p-1. The average Bonchev–Trinajstić information content (AvgIpc) is 2.46. The van der Waals surface area contributed by atoms with Crippen LogP contribution in [0.3, 0.4) is 0 Å². The quantitative estimate of drug-likeness (QED) is 0.272. The van der Waals surface area contributed by atoms with Crippen LogP contribution in [-0.2, 0) is 9.59 Å². The van der Waals surface area contributed by atoms with Gasteiger partial charge in [0, 0.05) is 11.9 Å². The minimum atomic E-state index is -1.32. The Morgan fingerprint density at radius 1 is 0.957 bits per heavy atom. The van der Waals surface area contributed by atoms with Crippen molar-refractivity contribution in [3.05, 3.63) is 12.2 Å². The first-order chi connectivity index (χ1) is 10.6. The zero-order valence-electron chi connectivity index (χ0n) is 14.9. The van der Waals surface area contributed by atoms with Crippen LogP contribution >= 0.6 is 0 Å². The maximum atomic E-state index is 10.7. The van der Waals surface area contributed by atoms with Gasteiger partial charge in [-0.05, 0) is 12.8 Å². The van der Waals surface area contributed by atoms with Crippen LogP contribution in [0.15, 0.2) is 12.2 Å². The van der Waals surface area contributed by atoms with Gasteiger partial charge >= 0.3 is 35.5 Å². The van der Waals surface area contributed by atoms with Gasteiger partial charge in [-0.3, -0.25) is 4.79 Å². The van der Waals surface area contributed by atoms with Crippen molar-refractivity contribution in [2.24, 2.45) is 5.92 Å². The minimum Gasteiger partial charge on any atom is -0.550 e. The number of hydrogen-bond acceptors (Lipinski definition) is 3. The Balaban J connectivity index is 0. The number of rotatable bonds is 15. The van der Waals surface area contributed by atoms with Crippen molar-refractivity contribution in [3.63, 3.8) is 0 Å². The van der Waals surface area contributed by atoms with E-state index in [0.29, 0.717) is 0 Å². The van der Waals surface area contributed by atoms with E-state index in [0.717, 1.165) is 19.3 Å². The Hall–Kier alpha value is -0.320. The normalized spacial score (nSPS) is 12.0. The predicted molar refractivity (Wildman–Crippen MR) is 86.4 cm³/mol. The molecule has 5 heteroatoms. The summed E-state index contributed by atoms with van der Waals surface area (Å²) in [7, 11) is 0. The Kier molecular flexibility index (Phi) is 19.5. The molecule has 0 rings (SSSR count). The molecular weight excluding hydrogens is 303 g/mol. The van der Waals surface area contributed by atoms with Crippen molar-refractivity contribution in [1.82, 2.24) is 0 Å². The number of unbranched alkanes of at least 4 members (excludes halogenated alkanes) is 10. The van der Waals surface area contributed by atoms with Crippen LogP contribution in [0.5, 0.6) is 0 Å². The summed E-state index contributed by atoms with van der Waals surface area (Å²) in [6.45, 7) is 2.23. The fourth-order valence-electron chi connectivity index (χ4n) is 2.43. The molecule has 0 aromatic rings. The topological polar surface area (TPSA) is 77.4 Å². The molecule has 0 radical (unpaired) electrons. The molecule has 0 amide bonds. The molecule has 1 N–H and O–H groups in total. The van der Waals surface area contributed by atoms with Crippen molar-refractivity contribution >= 4 is 11.9 Å². The molecule has 1 atom stereocenters. The first-order valence-electron chi connectivity index (χ1n) is 8.67. The van der Waals surface area contributed by atoms with Crippen LogP contribution in [0.1, 0.15) is 84.0 Å². The van der Waals surface area contributed by atoms with Gasteiger partial charge in [-0.2, -0.15) is 0 Å². The summed E-state index contributed by atoms with van der Waals surface area (Å²) in [5.74, 6) is -3.44. The van der Waals surface area contributed by atoms with Gasteiger partial charge in [0.25, 0.3) is 0 Å². The number of aliphatic carboxylic acids is 2. The summed E-state index contributed by atoms with van der Waals surface area (Å²) in [6.07, 6.45) is 16.3. The SMILES string of the molecule is CCCCCCCCCCCCC=CC(CC(=O)O)C(=O)[O-].[Na+]. The van der Waals surface area contributed by atoms with E-state index in [-0.39, 0.29) is 29.6 Å². The third-order valence-corrected chi connectivity index (χ3v) is 3.79. The Bertz CT molecular complexity index is 329. The van der Waals surface area contributed by atoms with Gasteiger partial charge in [-0.1, -0.05) is 76.9 Å². The number of hydrogen-bond donors (Lipinski definition) is 1. The first-order valence-corrected chi connectivity index (χ1v) is 8.67. The van der Waals surface area contributed by atoms with Crippen LogP contribution < -0.4 is 34.7 Å². The van der Waals surface area contributed by atoms with Gasteiger partial charge in [-0.25, -0.2) is 0 Å². The minimum absolute atomic E-state index is 0. The number of allylic oxidation sites excluding steroid dienone is 1. The second kappa shape index (κ2) is 18.0. The van der Waals surface area contributed by atoms with E-state index in [2.05, 4.69) is 6.92 Å². The van der Waals surface area contributed by atoms with Gasteiger partial charge in [0.15, 0.2) is 0 Å². The molecule has 0 bridgehead atoms. The van der Waals surface area contributed by atoms with Gasteiger partial charge in [0.05, 0.1) is 6.42 Å². The Morgan fingerprint density at radius 2 is 1.43 bits per heavy atom. The first kappa shape index (κ1) is 24.9. The summed E-state index contributed by atoms with van der Waals surface area (Å²) in [4.78, 5) is 21.2. The maximum absolute atomic E-state index is 10.7. The molecule has 0 aromatic heterocycles. The second-order valence-electron chi connectivity index (χ2n) is 5.92. The van der Waals surface area contributed by atoms with E-state index in [4.69, 9.17) is 5.11 Å². The summed E-state index contributed by atoms with van der Waals surface area (Å²) < 4.78 is 0. The smallest absolute Gasteiger partial charge is 0.550 e. The predicted octanol–water partition coefficient (Wildman–Crippen LogP) is 0.698. The van der Waals surface area contributed by atoms with E-state index >= 15 is 0 Å². The van der Waals surface area contributed by atoms with Crippen LogP contribution in [0.25, 0.3) is 0 Å². The largest absolute Gasteiger partial charge is 1.00 e. The van der Waals surface area contributed by atoms with Crippen LogP contribution in [-0.4, -0.2) is 17.0 Å². The molecule has 0 aromatic carbocycles. The molecule has 0 spiro atoms. The molecule has 0 fully saturated rings. The van der Waals surface area contributed by atoms with Gasteiger partial charge in [-0.15, -0.1) is 0 Å². The number of carbonyl (C=O) groups is 2. The summed E-state index contributed by atoms with van der Waals surface area (Å²) in [6, 6.07) is 0. The zero-order valence-corrected chi connectivity index (χ0v) is 16.9. The van der Waals surface area contributed by atoms with Crippen molar-refractivity contribution in [2.45, 2.75) is 84.0 Å². The molecular formula is C18H31NaO4. The summed E-state index contributed by atoms with van der Waals surface area (Å²) >= 11 is 0. The van der Waals surface area contributed by atoms with Gasteiger partial charge in [0.2, 0.25) is 0 Å². The fourth-order valence-corrected chi connectivity index (χ4v) is 2.43. The van der Waals surface area contributed by atoms with Crippen molar-refractivity contribution in [2.75, 3.05) is 0 Å². The Morgan fingerprint density at radius 3 is 1.87 bits per heavy atom. The molecule has 1 unspecified atom stereocenters. The van der Waals surface area contributed by atoms with Crippen LogP contribution in [0, 0.1) is 5.92 Å². The molecule has 0 aliphatic rings. The number of carbonyl (C=O) groups excluding carboxylic acids is 1. The molecule has 0 saturated carbocycles. The van der Waals surface area contributed by atoms with Crippen molar-refractivity contribution in [3.8, 4) is 0 Å². The zero-order chi connectivity index (χ0) is 16.6. The van der Waals surface area contributed by atoms with E-state index in [1.54, 1.807) is 6.08 Å². The summed E-state index contributed by atoms with van der Waals surface area (Å²) in [5, 5.41) is 19.3. The van der Waals surface area contributed by atoms with E-state index < -0.39 is 24.3 Å². The van der Waals surface area contributed by atoms with Crippen LogP contribution in [0.2, 0.25) is 0 Å². The van der Waals surface area contributed by atoms with Crippen molar-refractivity contribution < 1.29 is 49.4 Å². The van der Waals surface area contributed by atoms with E-state index in [1.807, 2.05) is 0 Å². The number of carboxylic acid groups (broad SMARTS) is 2. The molecule has 0 saturated heterocycles. The molecule has 0 aliphatic carbocycles. The average molecular weight is 334 g/mol. The van der Waals surface area contributed by atoms with Gasteiger partial charge < -0.3 is 15.0 Å². The number of carboxylic acids is 2. The fraction of sp³-hybridized carbons (Fsp3) is 0.778. The van der Waals surface area contributed by atoms with Crippen LogP contribution in [0.4, 0.5) is 0 Å². The molecule has 0 aliphatic heterocycles. The molecule has 128 valence electrons. The Labute approximate surface area is 163 Å².